The summed E-state index contributed by atoms with van der Waals surface area (Å²) in [5.74, 6) is 0.535. The fourth-order valence-corrected chi connectivity index (χ4v) is 3.04. The highest BCUT2D eigenvalue weighted by atomic mass is 19.1. The molecule has 3 rings (SSSR count). The van der Waals surface area contributed by atoms with Crippen molar-refractivity contribution in [3.05, 3.63) is 35.6 Å². The highest BCUT2D eigenvalue weighted by Gasteiger charge is 2.39. The van der Waals surface area contributed by atoms with Crippen LogP contribution in [0.15, 0.2) is 24.3 Å². The van der Waals surface area contributed by atoms with Crippen molar-refractivity contribution in [1.82, 2.24) is 10.2 Å². The van der Waals surface area contributed by atoms with E-state index < -0.39 is 0 Å². The standard InChI is InChI=1S/C14H17FN2O/c15-12-3-1-10(2-4-12)7-14(18)17-6-5-11-8-16-9-13(11)17/h1-4,11,13,16H,5-9H2/t11-,13+/m1/s1. The van der Waals surface area contributed by atoms with Crippen LogP contribution in [0, 0.1) is 11.7 Å². The molecule has 1 N–H and O–H groups in total. The Labute approximate surface area is 106 Å². The fourth-order valence-electron chi connectivity index (χ4n) is 3.04. The molecule has 18 heavy (non-hydrogen) atoms. The van der Waals surface area contributed by atoms with Crippen molar-refractivity contribution in [3.8, 4) is 0 Å². The van der Waals surface area contributed by atoms with Gasteiger partial charge in [-0.2, -0.15) is 0 Å². The highest BCUT2D eigenvalue weighted by molar-refractivity contribution is 5.79. The molecule has 0 unspecified atom stereocenters. The maximum Gasteiger partial charge on any atom is 0.227 e. The van der Waals surface area contributed by atoms with Gasteiger partial charge in [-0.1, -0.05) is 12.1 Å². The fraction of sp³-hybridized carbons (Fsp3) is 0.500. The zero-order valence-electron chi connectivity index (χ0n) is 10.2. The Balaban J connectivity index is 1.66. The number of amides is 1. The first kappa shape index (κ1) is 11.7. The van der Waals surface area contributed by atoms with Crippen molar-refractivity contribution in [2.24, 2.45) is 5.92 Å². The molecule has 0 saturated carbocycles. The number of hydrogen-bond acceptors (Lipinski definition) is 2. The quantitative estimate of drug-likeness (QED) is 0.852. The minimum absolute atomic E-state index is 0.165. The van der Waals surface area contributed by atoms with Gasteiger partial charge in [0.25, 0.3) is 0 Å². The third-order valence-electron chi connectivity index (χ3n) is 4.03. The minimum atomic E-state index is -0.257. The van der Waals surface area contributed by atoms with Gasteiger partial charge in [0.15, 0.2) is 0 Å². The van der Waals surface area contributed by atoms with E-state index in [4.69, 9.17) is 0 Å². The molecule has 1 aromatic carbocycles. The summed E-state index contributed by atoms with van der Waals surface area (Å²) >= 11 is 0. The number of carbonyl (C=O) groups excluding carboxylic acids is 1. The van der Waals surface area contributed by atoms with E-state index in [0.717, 1.165) is 31.6 Å². The number of halogens is 1. The first-order chi connectivity index (χ1) is 8.74. The predicted octanol–water partition coefficient (Wildman–Crippen LogP) is 1.19. The third-order valence-corrected chi connectivity index (χ3v) is 4.03. The van der Waals surface area contributed by atoms with Crippen LogP contribution in [0.1, 0.15) is 12.0 Å². The Morgan fingerprint density at radius 3 is 2.89 bits per heavy atom. The molecule has 0 spiro atoms. The van der Waals surface area contributed by atoms with Crippen LogP contribution in [0.25, 0.3) is 0 Å². The molecule has 2 aliphatic rings. The maximum atomic E-state index is 12.8. The van der Waals surface area contributed by atoms with Crippen LogP contribution in [0.3, 0.4) is 0 Å². The first-order valence-corrected chi connectivity index (χ1v) is 6.48. The van der Waals surface area contributed by atoms with Crippen molar-refractivity contribution in [3.63, 3.8) is 0 Å². The molecule has 2 atom stereocenters. The summed E-state index contributed by atoms with van der Waals surface area (Å²) in [5, 5.41) is 3.34. The van der Waals surface area contributed by atoms with Gasteiger partial charge in [-0.15, -0.1) is 0 Å². The summed E-state index contributed by atoms with van der Waals surface area (Å²) in [7, 11) is 0. The molecule has 1 amide bonds. The molecule has 2 aliphatic heterocycles. The van der Waals surface area contributed by atoms with Gasteiger partial charge in [0.05, 0.1) is 6.42 Å². The SMILES string of the molecule is O=C(Cc1ccc(F)cc1)N1CC[C@@H]2CNC[C@@H]21. The topological polar surface area (TPSA) is 32.3 Å². The average molecular weight is 248 g/mol. The lowest BCUT2D eigenvalue weighted by Gasteiger charge is -2.23. The van der Waals surface area contributed by atoms with E-state index >= 15 is 0 Å². The Morgan fingerprint density at radius 2 is 2.11 bits per heavy atom. The normalized spacial score (nSPS) is 26.4. The number of likely N-dealkylation sites (tertiary alicyclic amines) is 1. The van der Waals surface area contributed by atoms with Crippen molar-refractivity contribution < 1.29 is 9.18 Å². The van der Waals surface area contributed by atoms with Crippen LogP contribution in [0.4, 0.5) is 4.39 Å². The van der Waals surface area contributed by atoms with Gasteiger partial charge in [-0.25, -0.2) is 4.39 Å². The van der Waals surface area contributed by atoms with Crippen LogP contribution in [0.2, 0.25) is 0 Å². The van der Waals surface area contributed by atoms with E-state index in [0.29, 0.717) is 18.4 Å². The smallest absolute Gasteiger partial charge is 0.227 e. The van der Waals surface area contributed by atoms with Crippen LogP contribution in [-0.4, -0.2) is 36.5 Å². The number of rotatable bonds is 2. The Bertz CT molecular complexity index is 446. The second-order valence-electron chi connectivity index (χ2n) is 5.16. The van der Waals surface area contributed by atoms with Gasteiger partial charge in [0.1, 0.15) is 5.82 Å². The van der Waals surface area contributed by atoms with E-state index in [1.807, 2.05) is 4.90 Å². The Hall–Kier alpha value is -1.42. The molecular weight excluding hydrogens is 231 g/mol. The number of nitrogens with zero attached hydrogens (tertiary/aromatic N) is 1. The molecule has 2 fully saturated rings. The molecule has 2 saturated heterocycles. The summed E-state index contributed by atoms with van der Waals surface area (Å²) in [6.45, 7) is 2.82. The van der Waals surface area contributed by atoms with Gasteiger partial charge in [0.2, 0.25) is 5.91 Å². The van der Waals surface area contributed by atoms with E-state index in [1.165, 1.54) is 12.1 Å². The molecular formula is C14H17FN2O. The average Bonchev–Trinajstić information content (AvgIpc) is 2.93. The first-order valence-electron chi connectivity index (χ1n) is 6.48. The summed E-state index contributed by atoms with van der Waals surface area (Å²) < 4.78 is 12.8. The lowest BCUT2D eigenvalue weighted by atomic mass is 10.0. The van der Waals surface area contributed by atoms with E-state index in [-0.39, 0.29) is 11.7 Å². The van der Waals surface area contributed by atoms with Crippen molar-refractivity contribution in [1.29, 1.82) is 0 Å². The van der Waals surface area contributed by atoms with E-state index in [9.17, 15) is 9.18 Å². The molecule has 0 bridgehead atoms. The van der Waals surface area contributed by atoms with Crippen molar-refractivity contribution in [2.75, 3.05) is 19.6 Å². The number of hydrogen-bond donors (Lipinski definition) is 1. The molecule has 2 heterocycles. The molecule has 0 aliphatic carbocycles. The van der Waals surface area contributed by atoms with E-state index in [2.05, 4.69) is 5.32 Å². The monoisotopic (exact) mass is 248 g/mol. The Kier molecular flexibility index (Phi) is 3.04. The largest absolute Gasteiger partial charge is 0.338 e. The second-order valence-corrected chi connectivity index (χ2v) is 5.16. The Morgan fingerprint density at radius 1 is 1.33 bits per heavy atom. The number of nitrogens with one attached hydrogen (secondary N) is 1. The molecule has 0 radical (unpaired) electrons. The van der Waals surface area contributed by atoms with Gasteiger partial charge in [0, 0.05) is 25.7 Å². The molecule has 1 aromatic rings. The summed E-state index contributed by atoms with van der Waals surface area (Å²) in [5.41, 5.74) is 0.885. The zero-order chi connectivity index (χ0) is 12.5. The summed E-state index contributed by atoms with van der Waals surface area (Å²) in [6.07, 6.45) is 1.48. The second kappa shape index (κ2) is 4.69. The molecule has 0 aromatic heterocycles. The minimum Gasteiger partial charge on any atom is -0.338 e. The van der Waals surface area contributed by atoms with Gasteiger partial charge in [-0.3, -0.25) is 4.79 Å². The molecule has 96 valence electrons. The van der Waals surface area contributed by atoms with Crippen LogP contribution >= 0.6 is 0 Å². The van der Waals surface area contributed by atoms with Crippen molar-refractivity contribution in [2.45, 2.75) is 18.9 Å². The maximum absolute atomic E-state index is 12.8. The third kappa shape index (κ3) is 2.12. The summed E-state index contributed by atoms with van der Waals surface area (Å²) in [4.78, 5) is 14.2. The van der Waals surface area contributed by atoms with Crippen LogP contribution in [-0.2, 0) is 11.2 Å². The lowest BCUT2D eigenvalue weighted by Crippen LogP contribution is -2.39. The number of benzene rings is 1. The van der Waals surface area contributed by atoms with Gasteiger partial charge in [-0.05, 0) is 30.0 Å². The predicted molar refractivity (Wildman–Crippen MR) is 66.6 cm³/mol. The van der Waals surface area contributed by atoms with Crippen LogP contribution < -0.4 is 5.32 Å². The molecule has 3 nitrogen and oxygen atoms in total. The van der Waals surface area contributed by atoms with Crippen molar-refractivity contribution >= 4 is 5.91 Å². The van der Waals surface area contributed by atoms with Crippen LogP contribution in [0.5, 0.6) is 0 Å². The van der Waals surface area contributed by atoms with Gasteiger partial charge >= 0.3 is 0 Å². The number of carbonyl (C=O) groups is 1. The lowest BCUT2D eigenvalue weighted by molar-refractivity contribution is -0.131. The highest BCUT2D eigenvalue weighted by Crippen LogP contribution is 2.27. The summed E-state index contributed by atoms with van der Waals surface area (Å²) in [6, 6.07) is 6.57. The van der Waals surface area contributed by atoms with Gasteiger partial charge < -0.3 is 10.2 Å². The van der Waals surface area contributed by atoms with E-state index in [1.54, 1.807) is 12.1 Å². The number of fused-ring (bicyclic) bond motifs is 1. The zero-order valence-corrected chi connectivity index (χ0v) is 10.2. The molecule has 4 heteroatoms.